The zero-order chi connectivity index (χ0) is 16.7. The van der Waals surface area contributed by atoms with Crippen LogP contribution >= 0.6 is 23.2 Å². The number of nitrogens with zero attached hydrogens (tertiary/aromatic N) is 2. The third kappa shape index (κ3) is 5.08. The molecule has 0 spiro atoms. The standard InChI is InChI=1S/C16H18Cl2N4O/c1-2-3-4-8-19-16(23)13-9-14(21-10-20-13)22-12-7-5-6-11(17)15(12)18/h5-7,9-10H,2-4,8H2,1H3,(H,19,23)(H,20,21,22). The zero-order valence-electron chi connectivity index (χ0n) is 12.8. The van der Waals surface area contributed by atoms with Gasteiger partial charge >= 0.3 is 0 Å². The number of nitrogens with one attached hydrogen (secondary N) is 2. The lowest BCUT2D eigenvalue weighted by atomic mass is 10.2. The molecule has 0 bridgehead atoms. The largest absolute Gasteiger partial charge is 0.351 e. The molecule has 2 aromatic rings. The molecule has 0 radical (unpaired) electrons. The van der Waals surface area contributed by atoms with Crippen molar-refractivity contribution < 1.29 is 4.79 Å². The van der Waals surface area contributed by atoms with Gasteiger partial charge in [-0.05, 0) is 18.6 Å². The van der Waals surface area contributed by atoms with Crippen LogP contribution in [0.25, 0.3) is 0 Å². The second kappa shape index (κ2) is 8.70. The van der Waals surface area contributed by atoms with Crippen molar-refractivity contribution in [2.24, 2.45) is 0 Å². The van der Waals surface area contributed by atoms with E-state index in [1.165, 1.54) is 6.33 Å². The summed E-state index contributed by atoms with van der Waals surface area (Å²) in [5.41, 5.74) is 0.921. The number of benzene rings is 1. The number of unbranched alkanes of at least 4 members (excludes halogenated alkanes) is 2. The minimum atomic E-state index is -0.219. The van der Waals surface area contributed by atoms with E-state index in [2.05, 4.69) is 27.5 Å². The SMILES string of the molecule is CCCCCNC(=O)c1cc(Nc2cccc(Cl)c2Cl)ncn1. The molecule has 0 fully saturated rings. The van der Waals surface area contributed by atoms with Gasteiger partial charge < -0.3 is 10.6 Å². The lowest BCUT2D eigenvalue weighted by Crippen LogP contribution is -2.25. The monoisotopic (exact) mass is 352 g/mol. The van der Waals surface area contributed by atoms with Gasteiger partial charge in [-0.3, -0.25) is 4.79 Å². The van der Waals surface area contributed by atoms with Gasteiger partial charge in [0, 0.05) is 12.6 Å². The summed E-state index contributed by atoms with van der Waals surface area (Å²) in [5, 5.41) is 6.72. The average Bonchev–Trinajstić information content (AvgIpc) is 2.56. The van der Waals surface area contributed by atoms with E-state index in [-0.39, 0.29) is 5.91 Å². The maximum Gasteiger partial charge on any atom is 0.270 e. The van der Waals surface area contributed by atoms with E-state index in [4.69, 9.17) is 23.2 Å². The van der Waals surface area contributed by atoms with E-state index in [1.54, 1.807) is 24.3 Å². The molecule has 0 aliphatic rings. The van der Waals surface area contributed by atoms with E-state index < -0.39 is 0 Å². The molecule has 2 N–H and O–H groups in total. The first-order valence-electron chi connectivity index (χ1n) is 7.43. The van der Waals surface area contributed by atoms with E-state index in [1.807, 2.05) is 0 Å². The Bertz CT molecular complexity index is 679. The van der Waals surface area contributed by atoms with Crippen LogP contribution in [0.15, 0.2) is 30.6 Å². The molecule has 1 amide bonds. The maximum atomic E-state index is 12.1. The van der Waals surface area contributed by atoms with Crippen molar-refractivity contribution in [2.75, 3.05) is 11.9 Å². The minimum Gasteiger partial charge on any atom is -0.351 e. The Labute approximate surface area is 145 Å². The summed E-state index contributed by atoms with van der Waals surface area (Å²) in [6.45, 7) is 2.75. The quantitative estimate of drug-likeness (QED) is 0.722. The molecule has 1 heterocycles. The van der Waals surface area contributed by atoms with E-state index in [9.17, 15) is 4.79 Å². The van der Waals surface area contributed by atoms with Crippen LogP contribution in [0.3, 0.4) is 0 Å². The molecule has 0 aliphatic carbocycles. The molecule has 0 saturated heterocycles. The third-order valence-electron chi connectivity index (χ3n) is 3.18. The summed E-state index contributed by atoms with van der Waals surface area (Å²) in [7, 11) is 0. The lowest BCUT2D eigenvalue weighted by molar-refractivity contribution is 0.0948. The lowest BCUT2D eigenvalue weighted by Gasteiger charge is -2.09. The predicted octanol–water partition coefficient (Wildman–Crippen LogP) is 4.45. The van der Waals surface area contributed by atoms with Crippen molar-refractivity contribution in [2.45, 2.75) is 26.2 Å². The summed E-state index contributed by atoms with van der Waals surface area (Å²) < 4.78 is 0. The van der Waals surface area contributed by atoms with E-state index in [0.29, 0.717) is 33.8 Å². The molecule has 0 unspecified atom stereocenters. The second-order valence-corrected chi connectivity index (χ2v) is 5.76. The highest BCUT2D eigenvalue weighted by molar-refractivity contribution is 6.43. The molecule has 0 aliphatic heterocycles. The Kier molecular flexibility index (Phi) is 6.62. The molecule has 0 atom stereocenters. The third-order valence-corrected chi connectivity index (χ3v) is 4.00. The molecule has 23 heavy (non-hydrogen) atoms. The van der Waals surface area contributed by atoms with E-state index >= 15 is 0 Å². The van der Waals surface area contributed by atoms with Crippen molar-refractivity contribution in [1.29, 1.82) is 0 Å². The van der Waals surface area contributed by atoms with Crippen LogP contribution in [0, 0.1) is 0 Å². The highest BCUT2D eigenvalue weighted by Crippen LogP contribution is 2.31. The van der Waals surface area contributed by atoms with Gasteiger partial charge in [0.2, 0.25) is 0 Å². The van der Waals surface area contributed by atoms with Crippen LogP contribution in [-0.2, 0) is 0 Å². The van der Waals surface area contributed by atoms with Crippen molar-refractivity contribution >= 4 is 40.6 Å². The van der Waals surface area contributed by atoms with Crippen molar-refractivity contribution in [1.82, 2.24) is 15.3 Å². The Hall–Kier alpha value is -1.85. The Balaban J connectivity index is 2.04. The fourth-order valence-electron chi connectivity index (χ4n) is 1.96. The first-order valence-corrected chi connectivity index (χ1v) is 8.18. The number of amides is 1. The second-order valence-electron chi connectivity index (χ2n) is 4.98. The topological polar surface area (TPSA) is 66.9 Å². The molecule has 122 valence electrons. The summed E-state index contributed by atoms with van der Waals surface area (Å²) in [5.74, 6) is 0.256. The van der Waals surface area contributed by atoms with Crippen LogP contribution < -0.4 is 10.6 Å². The number of carbonyl (C=O) groups excluding carboxylic acids is 1. The summed E-state index contributed by atoms with van der Waals surface area (Å²) >= 11 is 12.1. The molecular formula is C16H18Cl2N4O. The fourth-order valence-corrected chi connectivity index (χ4v) is 2.30. The van der Waals surface area contributed by atoms with Crippen molar-refractivity contribution in [3.8, 4) is 0 Å². The fraction of sp³-hybridized carbons (Fsp3) is 0.312. The van der Waals surface area contributed by atoms with Gasteiger partial charge in [-0.2, -0.15) is 0 Å². The Morgan fingerprint density at radius 2 is 2.04 bits per heavy atom. The van der Waals surface area contributed by atoms with Gasteiger partial charge in [-0.15, -0.1) is 0 Å². The van der Waals surface area contributed by atoms with Crippen LogP contribution in [0.1, 0.15) is 36.7 Å². The van der Waals surface area contributed by atoms with Crippen LogP contribution in [0.4, 0.5) is 11.5 Å². The normalized spacial score (nSPS) is 10.4. The Morgan fingerprint density at radius 1 is 1.22 bits per heavy atom. The number of hydrogen-bond donors (Lipinski definition) is 2. The van der Waals surface area contributed by atoms with Gasteiger partial charge in [0.05, 0.1) is 15.7 Å². The maximum absolute atomic E-state index is 12.1. The Morgan fingerprint density at radius 3 is 2.83 bits per heavy atom. The average molecular weight is 353 g/mol. The van der Waals surface area contributed by atoms with Gasteiger partial charge in [-0.1, -0.05) is 49.0 Å². The van der Waals surface area contributed by atoms with Gasteiger partial charge in [0.15, 0.2) is 0 Å². The molecular weight excluding hydrogens is 335 g/mol. The summed E-state index contributed by atoms with van der Waals surface area (Å²) in [4.78, 5) is 20.1. The highest BCUT2D eigenvalue weighted by atomic mass is 35.5. The molecule has 1 aromatic heterocycles. The number of carbonyl (C=O) groups is 1. The number of rotatable bonds is 7. The van der Waals surface area contributed by atoms with Crippen molar-refractivity contribution in [3.63, 3.8) is 0 Å². The molecule has 2 rings (SSSR count). The first-order chi connectivity index (χ1) is 11.1. The summed E-state index contributed by atoms with van der Waals surface area (Å²) in [6.07, 6.45) is 4.49. The zero-order valence-corrected chi connectivity index (χ0v) is 14.3. The van der Waals surface area contributed by atoms with Crippen molar-refractivity contribution in [3.05, 3.63) is 46.3 Å². The molecule has 1 aromatic carbocycles. The molecule has 0 saturated carbocycles. The number of hydrogen-bond acceptors (Lipinski definition) is 4. The number of anilines is 2. The summed E-state index contributed by atoms with van der Waals surface area (Å²) in [6, 6.07) is 6.83. The molecule has 5 nitrogen and oxygen atoms in total. The van der Waals surface area contributed by atoms with E-state index in [0.717, 1.165) is 19.3 Å². The van der Waals surface area contributed by atoms with Gasteiger partial charge in [-0.25, -0.2) is 9.97 Å². The predicted molar refractivity (Wildman–Crippen MR) is 93.6 cm³/mol. The highest BCUT2D eigenvalue weighted by Gasteiger charge is 2.10. The number of halogens is 2. The van der Waals surface area contributed by atoms with Gasteiger partial charge in [0.25, 0.3) is 5.91 Å². The number of aromatic nitrogens is 2. The van der Waals surface area contributed by atoms with Crippen LogP contribution in [0.2, 0.25) is 10.0 Å². The van der Waals surface area contributed by atoms with Gasteiger partial charge in [0.1, 0.15) is 17.8 Å². The first kappa shape index (κ1) is 17.5. The molecule has 7 heteroatoms. The van der Waals surface area contributed by atoms with Crippen LogP contribution in [0.5, 0.6) is 0 Å². The van der Waals surface area contributed by atoms with Crippen LogP contribution in [-0.4, -0.2) is 22.4 Å². The smallest absolute Gasteiger partial charge is 0.270 e. The minimum absolute atomic E-state index is 0.219.